The van der Waals surface area contributed by atoms with Gasteiger partial charge in [-0.3, -0.25) is 4.79 Å². The van der Waals surface area contributed by atoms with E-state index in [9.17, 15) is 22.4 Å². The number of hydrogen-bond donors (Lipinski definition) is 1. The van der Waals surface area contributed by atoms with Crippen molar-refractivity contribution in [1.82, 2.24) is 4.72 Å². The number of aryl methyl sites for hydroxylation is 1. The van der Waals surface area contributed by atoms with Crippen LogP contribution in [-0.2, 0) is 19.6 Å². The Morgan fingerprint density at radius 3 is 2.48 bits per heavy atom. The van der Waals surface area contributed by atoms with Crippen molar-refractivity contribution in [2.24, 2.45) is 0 Å². The van der Waals surface area contributed by atoms with Crippen LogP contribution in [0.25, 0.3) is 0 Å². The van der Waals surface area contributed by atoms with Gasteiger partial charge in [-0.1, -0.05) is 13.0 Å². The van der Waals surface area contributed by atoms with Crippen molar-refractivity contribution in [3.05, 3.63) is 59.4 Å². The molecule has 8 nitrogen and oxygen atoms in total. The van der Waals surface area contributed by atoms with Crippen LogP contribution in [0.2, 0.25) is 0 Å². The summed E-state index contributed by atoms with van der Waals surface area (Å²) in [6.07, 6.45) is 0.0283. The lowest BCUT2D eigenvalue weighted by atomic mass is 10.1. The third-order valence-electron chi connectivity index (χ3n) is 4.29. The molecule has 0 aliphatic rings. The van der Waals surface area contributed by atoms with Gasteiger partial charge < -0.3 is 9.64 Å². The SMILES string of the molecule is CCNS(=O)(=O)c1ccc(C)c(C(=O)OCC(=O)N(CCC#N)c2ccc(F)cc2)c1. The third kappa shape index (κ3) is 6.34. The minimum Gasteiger partial charge on any atom is -0.452 e. The van der Waals surface area contributed by atoms with Gasteiger partial charge in [0.1, 0.15) is 5.82 Å². The van der Waals surface area contributed by atoms with Gasteiger partial charge in [-0.2, -0.15) is 5.26 Å². The summed E-state index contributed by atoms with van der Waals surface area (Å²) in [5, 5.41) is 8.83. The molecule has 1 amide bonds. The number of sulfonamides is 1. The summed E-state index contributed by atoms with van der Waals surface area (Å²) >= 11 is 0. The van der Waals surface area contributed by atoms with Crippen LogP contribution >= 0.6 is 0 Å². The highest BCUT2D eigenvalue weighted by molar-refractivity contribution is 7.89. The predicted octanol–water partition coefficient (Wildman–Crippen LogP) is 2.54. The smallest absolute Gasteiger partial charge is 0.338 e. The lowest BCUT2D eigenvalue weighted by molar-refractivity contribution is -0.121. The van der Waals surface area contributed by atoms with Crippen LogP contribution in [0, 0.1) is 24.1 Å². The highest BCUT2D eigenvalue weighted by atomic mass is 32.2. The van der Waals surface area contributed by atoms with E-state index in [0.717, 1.165) is 0 Å². The molecule has 0 fully saturated rings. The third-order valence-corrected chi connectivity index (χ3v) is 5.83. The molecule has 0 aliphatic heterocycles. The van der Waals surface area contributed by atoms with E-state index in [2.05, 4.69) is 4.72 Å². The number of benzene rings is 2. The molecule has 2 rings (SSSR count). The van der Waals surface area contributed by atoms with Gasteiger partial charge in [-0.05, 0) is 48.9 Å². The Balaban J connectivity index is 2.17. The molecule has 1 N–H and O–H groups in total. The molecule has 0 spiro atoms. The highest BCUT2D eigenvalue weighted by Gasteiger charge is 2.21. The summed E-state index contributed by atoms with van der Waals surface area (Å²) < 4.78 is 45.0. The van der Waals surface area contributed by atoms with Crippen molar-refractivity contribution in [2.45, 2.75) is 25.2 Å². The second kappa shape index (κ2) is 10.7. The van der Waals surface area contributed by atoms with E-state index >= 15 is 0 Å². The van der Waals surface area contributed by atoms with Gasteiger partial charge in [-0.25, -0.2) is 22.3 Å². The van der Waals surface area contributed by atoms with Crippen LogP contribution < -0.4 is 9.62 Å². The Labute approximate surface area is 180 Å². The largest absolute Gasteiger partial charge is 0.452 e. The number of halogens is 1. The van der Waals surface area contributed by atoms with Gasteiger partial charge in [0.25, 0.3) is 5.91 Å². The van der Waals surface area contributed by atoms with Crippen molar-refractivity contribution in [2.75, 3.05) is 24.6 Å². The zero-order valence-corrected chi connectivity index (χ0v) is 17.9. The lowest BCUT2D eigenvalue weighted by Gasteiger charge is -2.21. The van der Waals surface area contributed by atoms with E-state index < -0.39 is 34.3 Å². The zero-order chi connectivity index (χ0) is 23.0. The minimum atomic E-state index is -3.77. The molecule has 0 saturated heterocycles. The second-order valence-corrected chi connectivity index (χ2v) is 8.25. The van der Waals surface area contributed by atoms with Crippen molar-refractivity contribution in [3.8, 4) is 6.07 Å². The summed E-state index contributed by atoms with van der Waals surface area (Å²) in [7, 11) is -3.77. The lowest BCUT2D eigenvalue weighted by Crippen LogP contribution is -2.35. The number of carbonyl (C=O) groups is 2. The van der Waals surface area contributed by atoms with E-state index in [-0.39, 0.29) is 30.0 Å². The normalized spacial score (nSPS) is 10.9. The van der Waals surface area contributed by atoms with Gasteiger partial charge in [-0.15, -0.1) is 0 Å². The standard InChI is InChI=1S/C21H22FN3O5S/c1-3-24-31(28,29)18-10-5-15(2)19(13-18)21(27)30-14-20(26)25(12-4-11-23)17-8-6-16(22)7-9-17/h5-10,13,24H,3-4,12,14H2,1-2H3. The maximum absolute atomic E-state index is 13.2. The number of anilines is 1. The molecule has 10 heteroatoms. The van der Waals surface area contributed by atoms with Crippen molar-refractivity contribution in [1.29, 1.82) is 5.26 Å². The van der Waals surface area contributed by atoms with E-state index in [1.165, 1.54) is 47.4 Å². The monoisotopic (exact) mass is 447 g/mol. The molecule has 2 aromatic rings. The first kappa shape index (κ1) is 24.0. The quantitative estimate of drug-likeness (QED) is 0.591. The molecule has 31 heavy (non-hydrogen) atoms. The summed E-state index contributed by atoms with van der Waals surface area (Å²) in [5.74, 6) is -1.95. The van der Waals surface area contributed by atoms with E-state index in [1.54, 1.807) is 13.8 Å². The van der Waals surface area contributed by atoms with Crippen molar-refractivity contribution in [3.63, 3.8) is 0 Å². The Hall–Kier alpha value is -3.29. The number of hydrogen-bond acceptors (Lipinski definition) is 6. The predicted molar refractivity (Wildman–Crippen MR) is 111 cm³/mol. The summed E-state index contributed by atoms with van der Waals surface area (Å²) in [4.78, 5) is 26.2. The molecule has 0 aromatic heterocycles. The Morgan fingerprint density at radius 2 is 1.87 bits per heavy atom. The summed E-state index contributed by atoms with van der Waals surface area (Å²) in [6, 6.07) is 11.1. The van der Waals surface area contributed by atoms with Crippen molar-refractivity contribution >= 4 is 27.6 Å². The van der Waals surface area contributed by atoms with Gasteiger partial charge in [0.05, 0.1) is 22.9 Å². The van der Waals surface area contributed by atoms with Crippen LogP contribution in [-0.4, -0.2) is 40.0 Å². The molecule has 0 aliphatic carbocycles. The number of nitrogens with zero attached hydrogens (tertiary/aromatic N) is 2. The van der Waals surface area contributed by atoms with Gasteiger partial charge >= 0.3 is 5.97 Å². The molecule has 0 saturated carbocycles. The number of rotatable bonds is 9. The first-order valence-corrected chi connectivity index (χ1v) is 10.9. The Kier molecular flexibility index (Phi) is 8.24. The highest BCUT2D eigenvalue weighted by Crippen LogP contribution is 2.18. The van der Waals surface area contributed by atoms with Crippen LogP contribution in [0.4, 0.5) is 10.1 Å². The fourth-order valence-electron chi connectivity index (χ4n) is 2.73. The number of amides is 1. The van der Waals surface area contributed by atoms with E-state index in [4.69, 9.17) is 10.00 Å². The first-order valence-electron chi connectivity index (χ1n) is 9.40. The molecule has 0 radical (unpaired) electrons. The van der Waals surface area contributed by atoms with Crippen LogP contribution in [0.5, 0.6) is 0 Å². The van der Waals surface area contributed by atoms with Crippen LogP contribution in [0.3, 0.4) is 0 Å². The van der Waals surface area contributed by atoms with Crippen LogP contribution in [0.1, 0.15) is 29.3 Å². The fraction of sp³-hybridized carbons (Fsp3) is 0.286. The summed E-state index contributed by atoms with van der Waals surface area (Å²) in [5.41, 5.74) is 0.845. The van der Waals surface area contributed by atoms with Crippen LogP contribution in [0.15, 0.2) is 47.4 Å². The zero-order valence-electron chi connectivity index (χ0n) is 17.1. The van der Waals surface area contributed by atoms with Gasteiger partial charge in [0.2, 0.25) is 10.0 Å². The minimum absolute atomic E-state index is 0.0112. The molecule has 0 unspecified atom stereocenters. The average Bonchev–Trinajstić information content (AvgIpc) is 2.73. The molecule has 164 valence electrons. The van der Waals surface area contributed by atoms with Crippen molar-refractivity contribution < 1.29 is 27.1 Å². The number of esters is 1. The first-order chi connectivity index (χ1) is 14.7. The Bertz CT molecular complexity index is 1090. The maximum atomic E-state index is 13.2. The maximum Gasteiger partial charge on any atom is 0.338 e. The average molecular weight is 447 g/mol. The number of ether oxygens (including phenoxy) is 1. The fourth-order valence-corrected chi connectivity index (χ4v) is 3.79. The topological polar surface area (TPSA) is 117 Å². The molecule has 2 aromatic carbocycles. The number of nitrogens with one attached hydrogen (secondary N) is 1. The van der Waals surface area contributed by atoms with Gasteiger partial charge in [0.15, 0.2) is 6.61 Å². The number of carbonyl (C=O) groups excluding carboxylic acids is 2. The molecule has 0 heterocycles. The molecular weight excluding hydrogens is 425 g/mol. The van der Waals surface area contributed by atoms with E-state index in [1.807, 2.05) is 6.07 Å². The Morgan fingerprint density at radius 1 is 1.19 bits per heavy atom. The summed E-state index contributed by atoms with van der Waals surface area (Å²) in [6.45, 7) is 2.83. The molecule has 0 bridgehead atoms. The van der Waals surface area contributed by atoms with E-state index in [0.29, 0.717) is 11.3 Å². The van der Waals surface area contributed by atoms with Gasteiger partial charge in [0, 0.05) is 18.8 Å². The number of nitriles is 1. The second-order valence-electron chi connectivity index (χ2n) is 6.48. The molecule has 0 atom stereocenters. The molecular formula is C21H22FN3O5S.